The number of halogens is 1. The Bertz CT molecular complexity index is 580. The highest BCUT2D eigenvalue weighted by Crippen LogP contribution is 2.54. The van der Waals surface area contributed by atoms with E-state index in [4.69, 9.17) is 0 Å². The van der Waals surface area contributed by atoms with Gasteiger partial charge in [-0.05, 0) is 55.1 Å². The first-order valence-electron chi connectivity index (χ1n) is 9.46. The standard InChI is InChI=1S/C20H27FN2O/c21-18-4-2-1-3-17(18)5-6-22-19(24)13-23-20-10-14-7-15(11-20)9-16(8-14)12-20/h1-4,14-16,23H,5-13H2,(H,22,24)/p+1. The van der Waals surface area contributed by atoms with Crippen molar-refractivity contribution in [1.29, 1.82) is 0 Å². The maximum atomic E-state index is 13.6. The maximum absolute atomic E-state index is 13.6. The molecule has 1 aromatic rings. The largest absolute Gasteiger partial charge is 0.351 e. The van der Waals surface area contributed by atoms with Gasteiger partial charge < -0.3 is 10.6 Å². The van der Waals surface area contributed by atoms with Crippen LogP contribution in [0.3, 0.4) is 0 Å². The Morgan fingerprint density at radius 1 is 1.12 bits per heavy atom. The van der Waals surface area contributed by atoms with E-state index in [9.17, 15) is 9.18 Å². The predicted octanol–water partition coefficient (Wildman–Crippen LogP) is 2.02. The molecule has 4 heteroatoms. The van der Waals surface area contributed by atoms with Gasteiger partial charge in [-0.1, -0.05) is 18.2 Å². The second-order valence-corrected chi connectivity index (χ2v) is 8.38. The molecule has 0 heterocycles. The van der Waals surface area contributed by atoms with E-state index in [0.717, 1.165) is 17.8 Å². The number of rotatable bonds is 6. The Morgan fingerprint density at radius 3 is 2.38 bits per heavy atom. The molecular weight excluding hydrogens is 303 g/mol. The zero-order valence-electron chi connectivity index (χ0n) is 14.3. The van der Waals surface area contributed by atoms with E-state index in [2.05, 4.69) is 10.6 Å². The van der Waals surface area contributed by atoms with Crippen LogP contribution in [-0.4, -0.2) is 24.5 Å². The molecule has 0 spiro atoms. The van der Waals surface area contributed by atoms with E-state index in [0.29, 0.717) is 30.6 Å². The fourth-order valence-corrected chi connectivity index (χ4v) is 5.85. The normalized spacial score (nSPS) is 33.6. The van der Waals surface area contributed by atoms with Gasteiger partial charge in [-0.3, -0.25) is 4.79 Å². The number of nitrogens with two attached hydrogens (primary N) is 1. The van der Waals surface area contributed by atoms with Crippen molar-refractivity contribution in [2.24, 2.45) is 17.8 Å². The second-order valence-electron chi connectivity index (χ2n) is 8.38. The van der Waals surface area contributed by atoms with Crippen LogP contribution in [0.1, 0.15) is 44.1 Å². The molecule has 4 bridgehead atoms. The van der Waals surface area contributed by atoms with Crippen molar-refractivity contribution in [2.75, 3.05) is 13.1 Å². The van der Waals surface area contributed by atoms with Crippen LogP contribution in [0, 0.1) is 23.6 Å². The van der Waals surface area contributed by atoms with Gasteiger partial charge in [0.2, 0.25) is 0 Å². The maximum Gasteiger partial charge on any atom is 0.275 e. The number of carbonyl (C=O) groups is 1. The smallest absolute Gasteiger partial charge is 0.275 e. The number of hydrogen-bond acceptors (Lipinski definition) is 1. The van der Waals surface area contributed by atoms with Crippen LogP contribution < -0.4 is 10.6 Å². The number of benzene rings is 1. The molecule has 1 aromatic carbocycles. The lowest BCUT2D eigenvalue weighted by atomic mass is 9.53. The fraction of sp³-hybridized carbons (Fsp3) is 0.650. The lowest BCUT2D eigenvalue weighted by Gasteiger charge is -2.54. The van der Waals surface area contributed by atoms with E-state index >= 15 is 0 Å². The summed E-state index contributed by atoms with van der Waals surface area (Å²) in [6.45, 7) is 1.03. The van der Waals surface area contributed by atoms with Gasteiger partial charge in [-0.2, -0.15) is 0 Å². The minimum absolute atomic E-state index is 0.0853. The lowest BCUT2D eigenvalue weighted by molar-refractivity contribution is -0.730. The molecule has 1 amide bonds. The van der Waals surface area contributed by atoms with Crippen molar-refractivity contribution in [3.63, 3.8) is 0 Å². The van der Waals surface area contributed by atoms with Crippen molar-refractivity contribution < 1.29 is 14.5 Å². The van der Waals surface area contributed by atoms with Gasteiger partial charge in [-0.25, -0.2) is 4.39 Å². The molecule has 5 rings (SSSR count). The van der Waals surface area contributed by atoms with Crippen molar-refractivity contribution in [2.45, 2.75) is 50.5 Å². The van der Waals surface area contributed by atoms with Crippen LogP contribution in [0.4, 0.5) is 4.39 Å². The van der Waals surface area contributed by atoms with E-state index in [1.54, 1.807) is 12.1 Å². The number of amides is 1. The molecule has 0 aliphatic heterocycles. The summed E-state index contributed by atoms with van der Waals surface area (Å²) in [7, 11) is 0. The third-order valence-corrected chi connectivity index (χ3v) is 6.48. The Balaban J connectivity index is 1.23. The molecule has 0 radical (unpaired) electrons. The van der Waals surface area contributed by atoms with E-state index < -0.39 is 0 Å². The van der Waals surface area contributed by atoms with Crippen LogP contribution in [0.5, 0.6) is 0 Å². The van der Waals surface area contributed by atoms with Gasteiger partial charge in [0, 0.05) is 25.8 Å². The quantitative estimate of drug-likeness (QED) is 0.823. The highest BCUT2D eigenvalue weighted by molar-refractivity contribution is 5.76. The molecule has 130 valence electrons. The summed E-state index contributed by atoms with van der Waals surface area (Å²) in [6.07, 6.45) is 8.77. The van der Waals surface area contributed by atoms with Gasteiger partial charge in [0.15, 0.2) is 6.54 Å². The number of quaternary nitrogens is 1. The van der Waals surface area contributed by atoms with Gasteiger partial charge in [0.25, 0.3) is 5.91 Å². The molecule has 0 aromatic heterocycles. The monoisotopic (exact) mass is 331 g/mol. The van der Waals surface area contributed by atoms with Crippen molar-refractivity contribution >= 4 is 5.91 Å². The topological polar surface area (TPSA) is 45.7 Å². The molecule has 3 N–H and O–H groups in total. The number of carbonyl (C=O) groups excluding carboxylic acids is 1. The third kappa shape index (κ3) is 3.34. The fourth-order valence-electron chi connectivity index (χ4n) is 5.85. The second kappa shape index (κ2) is 6.47. The average molecular weight is 331 g/mol. The summed E-state index contributed by atoms with van der Waals surface area (Å²) in [5.74, 6) is 2.64. The van der Waals surface area contributed by atoms with Crippen molar-refractivity contribution in [3.05, 3.63) is 35.6 Å². The molecule has 4 fully saturated rings. The molecule has 4 saturated carbocycles. The lowest BCUT2D eigenvalue weighted by Crippen LogP contribution is -3.00. The van der Waals surface area contributed by atoms with Crippen LogP contribution >= 0.6 is 0 Å². The van der Waals surface area contributed by atoms with Gasteiger partial charge >= 0.3 is 0 Å². The molecule has 0 unspecified atom stereocenters. The summed E-state index contributed by atoms with van der Waals surface area (Å²) in [4.78, 5) is 12.2. The minimum atomic E-state index is -0.188. The average Bonchev–Trinajstić information content (AvgIpc) is 2.54. The Hall–Kier alpha value is -1.42. The zero-order chi connectivity index (χ0) is 16.6. The summed E-state index contributed by atoms with van der Waals surface area (Å²) in [5.41, 5.74) is 1.01. The van der Waals surface area contributed by atoms with Gasteiger partial charge in [0.1, 0.15) is 5.82 Å². The number of hydrogen-bond donors (Lipinski definition) is 2. The van der Waals surface area contributed by atoms with Crippen LogP contribution in [0.15, 0.2) is 24.3 Å². The first-order chi connectivity index (χ1) is 11.6. The molecule has 3 nitrogen and oxygen atoms in total. The third-order valence-electron chi connectivity index (χ3n) is 6.48. The van der Waals surface area contributed by atoms with E-state index in [1.807, 2.05) is 6.07 Å². The highest BCUT2D eigenvalue weighted by Gasteiger charge is 2.53. The summed E-state index contributed by atoms with van der Waals surface area (Å²) < 4.78 is 13.6. The molecule has 0 saturated heterocycles. The van der Waals surface area contributed by atoms with E-state index in [-0.39, 0.29) is 11.7 Å². The zero-order valence-corrected chi connectivity index (χ0v) is 14.3. The predicted molar refractivity (Wildman–Crippen MR) is 90.8 cm³/mol. The first kappa shape index (κ1) is 16.1. The molecule has 4 aliphatic carbocycles. The number of nitrogens with one attached hydrogen (secondary N) is 1. The summed E-state index contributed by atoms with van der Waals surface area (Å²) in [6, 6.07) is 6.78. The van der Waals surface area contributed by atoms with E-state index in [1.165, 1.54) is 44.6 Å². The highest BCUT2D eigenvalue weighted by atomic mass is 19.1. The van der Waals surface area contributed by atoms with Gasteiger partial charge in [0.05, 0.1) is 5.54 Å². The molecular formula is C20H28FN2O+. The first-order valence-corrected chi connectivity index (χ1v) is 9.46. The summed E-state index contributed by atoms with van der Waals surface area (Å²) in [5, 5.41) is 5.28. The van der Waals surface area contributed by atoms with Crippen molar-refractivity contribution in [1.82, 2.24) is 5.32 Å². The Labute approximate surface area is 143 Å². The molecule has 0 atom stereocenters. The van der Waals surface area contributed by atoms with Crippen molar-refractivity contribution in [3.8, 4) is 0 Å². The SMILES string of the molecule is O=C(C[NH2+]C12CC3CC(CC(C3)C1)C2)NCCc1ccccc1F. The van der Waals surface area contributed by atoms with Gasteiger partial charge in [-0.15, -0.1) is 0 Å². The Kier molecular flexibility index (Phi) is 4.33. The minimum Gasteiger partial charge on any atom is -0.351 e. The van der Waals surface area contributed by atoms with Crippen LogP contribution in [0.2, 0.25) is 0 Å². The van der Waals surface area contributed by atoms with Crippen LogP contribution in [0.25, 0.3) is 0 Å². The van der Waals surface area contributed by atoms with Crippen LogP contribution in [-0.2, 0) is 11.2 Å². The molecule has 24 heavy (non-hydrogen) atoms. The summed E-state index contributed by atoms with van der Waals surface area (Å²) >= 11 is 0. The Morgan fingerprint density at radius 2 is 1.75 bits per heavy atom. The molecule has 4 aliphatic rings.